The van der Waals surface area contributed by atoms with Crippen LogP contribution in [0.1, 0.15) is 60.2 Å². The summed E-state index contributed by atoms with van der Waals surface area (Å²) in [6, 6.07) is 19.5. The normalized spacial score (nSPS) is 12.5. The maximum Gasteiger partial charge on any atom is 0.257 e. The Morgan fingerprint density at radius 2 is 1.24 bits per heavy atom. The van der Waals surface area contributed by atoms with Crippen LogP contribution in [0.5, 0.6) is 11.5 Å². The Labute approximate surface area is 281 Å². The fourth-order valence-corrected chi connectivity index (χ4v) is 4.95. The summed E-state index contributed by atoms with van der Waals surface area (Å²) in [4.78, 5) is 27.9. The molecule has 4 N–H and O–H groups in total. The standard InChI is InChI=1S/C34H41N5O5S2/c1-3-5-19-43-27-12-7-24(8-13-27)31(40)37-33(45)35-26-11-16-30(39-17-21-42-22-18-39)29(23-26)36-34(46)38-32(41)25-9-14-28(15-10-25)44-20-6-4-2/h7-16,23H,3-6,17-22H2,1-2H3,(H2,35,37,40,45)(H2,36,38,41,46). The third kappa shape index (κ3) is 10.7. The Hall–Kier alpha value is -4.26. The Kier molecular flexibility index (Phi) is 13.6. The summed E-state index contributed by atoms with van der Waals surface area (Å²) in [5.74, 6) is 0.740. The van der Waals surface area contributed by atoms with E-state index in [2.05, 4.69) is 40.0 Å². The van der Waals surface area contributed by atoms with Crippen LogP contribution in [0, 0.1) is 0 Å². The Balaban J connectivity index is 1.39. The molecule has 1 heterocycles. The topological polar surface area (TPSA) is 113 Å². The highest BCUT2D eigenvalue weighted by Gasteiger charge is 2.18. The molecule has 0 atom stereocenters. The summed E-state index contributed by atoms with van der Waals surface area (Å²) in [6.45, 7) is 8.07. The number of carbonyl (C=O) groups excluding carboxylic acids is 2. The van der Waals surface area contributed by atoms with Crippen LogP contribution in [0.4, 0.5) is 17.1 Å². The second-order valence-corrected chi connectivity index (χ2v) is 11.4. The molecule has 0 aromatic heterocycles. The van der Waals surface area contributed by atoms with Crippen molar-refractivity contribution in [2.24, 2.45) is 0 Å². The van der Waals surface area contributed by atoms with Gasteiger partial charge in [0, 0.05) is 29.9 Å². The quantitative estimate of drug-likeness (QED) is 0.126. The molecule has 1 saturated heterocycles. The molecule has 1 aliphatic heterocycles. The number of anilines is 3. The molecular formula is C34H41N5O5S2. The molecule has 244 valence electrons. The van der Waals surface area contributed by atoms with Gasteiger partial charge in [0.2, 0.25) is 0 Å². The number of hydrogen-bond donors (Lipinski definition) is 4. The molecule has 4 rings (SSSR count). The van der Waals surface area contributed by atoms with Gasteiger partial charge in [0.05, 0.1) is 37.8 Å². The lowest BCUT2D eigenvalue weighted by atomic mass is 10.2. The minimum absolute atomic E-state index is 0.136. The summed E-state index contributed by atoms with van der Waals surface area (Å²) in [5.41, 5.74) is 3.07. The smallest absolute Gasteiger partial charge is 0.257 e. The lowest BCUT2D eigenvalue weighted by Gasteiger charge is -2.31. The lowest BCUT2D eigenvalue weighted by Crippen LogP contribution is -2.38. The minimum Gasteiger partial charge on any atom is -0.494 e. The van der Waals surface area contributed by atoms with Crippen molar-refractivity contribution in [1.82, 2.24) is 10.6 Å². The SMILES string of the molecule is CCCCOc1ccc(C(=O)NC(=S)Nc2ccc(N3CCOCC3)c(NC(=S)NC(=O)c3ccc(OCCCC)cc3)c2)cc1. The number of ether oxygens (including phenoxy) is 3. The second kappa shape index (κ2) is 18.0. The van der Waals surface area contributed by atoms with E-state index in [1.165, 1.54) is 0 Å². The number of nitrogens with one attached hydrogen (secondary N) is 4. The molecule has 0 bridgehead atoms. The van der Waals surface area contributed by atoms with Crippen LogP contribution in [0.15, 0.2) is 66.7 Å². The van der Waals surface area contributed by atoms with Crippen LogP contribution in [-0.2, 0) is 4.74 Å². The molecule has 1 aliphatic rings. The highest BCUT2D eigenvalue weighted by atomic mass is 32.1. The molecule has 3 aromatic carbocycles. The van der Waals surface area contributed by atoms with Gasteiger partial charge in [-0.1, -0.05) is 26.7 Å². The van der Waals surface area contributed by atoms with Gasteiger partial charge in [0.1, 0.15) is 11.5 Å². The molecule has 1 fully saturated rings. The van der Waals surface area contributed by atoms with Crippen molar-refractivity contribution < 1.29 is 23.8 Å². The van der Waals surface area contributed by atoms with Crippen molar-refractivity contribution in [3.8, 4) is 11.5 Å². The van der Waals surface area contributed by atoms with E-state index < -0.39 is 0 Å². The number of unbranched alkanes of at least 4 members (excludes halogenated alkanes) is 2. The van der Waals surface area contributed by atoms with Crippen molar-refractivity contribution in [1.29, 1.82) is 0 Å². The number of carbonyl (C=O) groups is 2. The molecule has 12 heteroatoms. The molecule has 10 nitrogen and oxygen atoms in total. The van der Waals surface area contributed by atoms with Gasteiger partial charge in [-0.15, -0.1) is 0 Å². The molecule has 3 aromatic rings. The van der Waals surface area contributed by atoms with Crippen molar-refractivity contribution in [3.63, 3.8) is 0 Å². The van der Waals surface area contributed by atoms with Crippen LogP contribution >= 0.6 is 24.4 Å². The van der Waals surface area contributed by atoms with Crippen molar-refractivity contribution in [2.75, 3.05) is 55.1 Å². The van der Waals surface area contributed by atoms with Crippen LogP contribution in [0.2, 0.25) is 0 Å². The first-order chi connectivity index (χ1) is 22.4. The highest BCUT2D eigenvalue weighted by molar-refractivity contribution is 7.80. The monoisotopic (exact) mass is 663 g/mol. The van der Waals surface area contributed by atoms with Gasteiger partial charge in [-0.2, -0.15) is 0 Å². The Morgan fingerprint density at radius 1 is 0.739 bits per heavy atom. The van der Waals surface area contributed by atoms with E-state index in [0.717, 1.165) is 31.4 Å². The zero-order valence-corrected chi connectivity index (χ0v) is 27.9. The van der Waals surface area contributed by atoms with E-state index in [-0.39, 0.29) is 22.0 Å². The summed E-state index contributed by atoms with van der Waals surface area (Å²) in [7, 11) is 0. The first-order valence-corrected chi connectivity index (χ1v) is 16.3. The number of amides is 2. The van der Waals surface area contributed by atoms with E-state index in [1.807, 2.05) is 18.2 Å². The van der Waals surface area contributed by atoms with Gasteiger partial charge < -0.3 is 29.7 Å². The van der Waals surface area contributed by atoms with Gasteiger partial charge in [-0.05, 0) is 104 Å². The number of morpholine rings is 1. The zero-order valence-electron chi connectivity index (χ0n) is 26.2. The summed E-state index contributed by atoms with van der Waals surface area (Å²) >= 11 is 11.0. The molecule has 0 saturated carbocycles. The Morgan fingerprint density at radius 3 is 1.74 bits per heavy atom. The summed E-state index contributed by atoms with van der Waals surface area (Å²) in [5, 5.41) is 12.0. The number of hydrogen-bond acceptors (Lipinski definition) is 8. The average Bonchev–Trinajstić information content (AvgIpc) is 3.06. The minimum atomic E-state index is -0.343. The first kappa shape index (κ1) is 34.6. The third-order valence-corrected chi connectivity index (χ3v) is 7.48. The van der Waals surface area contributed by atoms with Gasteiger partial charge in [0.15, 0.2) is 10.2 Å². The average molecular weight is 664 g/mol. The van der Waals surface area contributed by atoms with E-state index in [0.29, 0.717) is 73.5 Å². The predicted molar refractivity (Wildman–Crippen MR) is 191 cm³/mol. The molecule has 0 unspecified atom stereocenters. The van der Waals surface area contributed by atoms with Gasteiger partial charge in [-0.25, -0.2) is 0 Å². The summed E-state index contributed by atoms with van der Waals surface area (Å²) in [6.07, 6.45) is 4.03. The highest BCUT2D eigenvalue weighted by Crippen LogP contribution is 2.30. The predicted octanol–water partition coefficient (Wildman–Crippen LogP) is 6.13. The molecule has 0 aliphatic carbocycles. The third-order valence-electron chi connectivity index (χ3n) is 7.07. The molecule has 0 radical (unpaired) electrons. The van der Waals surface area contributed by atoms with Crippen LogP contribution in [0.3, 0.4) is 0 Å². The van der Waals surface area contributed by atoms with E-state index in [9.17, 15) is 9.59 Å². The maximum absolute atomic E-state index is 12.9. The van der Waals surface area contributed by atoms with Gasteiger partial charge in [-0.3, -0.25) is 20.2 Å². The van der Waals surface area contributed by atoms with Crippen LogP contribution in [0.25, 0.3) is 0 Å². The largest absolute Gasteiger partial charge is 0.494 e. The van der Waals surface area contributed by atoms with Crippen LogP contribution in [-0.4, -0.2) is 61.6 Å². The fourth-order valence-electron chi connectivity index (χ4n) is 4.53. The lowest BCUT2D eigenvalue weighted by molar-refractivity contribution is 0.0969. The second-order valence-electron chi connectivity index (χ2n) is 10.6. The fraction of sp³-hybridized carbons (Fsp3) is 0.353. The molecule has 2 amide bonds. The molecule has 46 heavy (non-hydrogen) atoms. The number of benzene rings is 3. The molecular weight excluding hydrogens is 623 g/mol. The Bertz CT molecular complexity index is 1480. The van der Waals surface area contributed by atoms with Crippen molar-refractivity contribution >= 4 is 63.5 Å². The van der Waals surface area contributed by atoms with Crippen molar-refractivity contribution in [3.05, 3.63) is 77.9 Å². The number of thiocarbonyl (C=S) groups is 2. The first-order valence-electron chi connectivity index (χ1n) is 15.5. The number of nitrogens with zero attached hydrogens (tertiary/aromatic N) is 1. The van der Waals surface area contributed by atoms with Gasteiger partial charge >= 0.3 is 0 Å². The number of rotatable bonds is 13. The van der Waals surface area contributed by atoms with Gasteiger partial charge in [0.25, 0.3) is 11.8 Å². The van der Waals surface area contributed by atoms with Crippen molar-refractivity contribution in [2.45, 2.75) is 39.5 Å². The maximum atomic E-state index is 12.9. The summed E-state index contributed by atoms with van der Waals surface area (Å²) < 4.78 is 16.9. The molecule has 0 spiro atoms. The van der Waals surface area contributed by atoms with E-state index in [1.54, 1.807) is 48.5 Å². The van der Waals surface area contributed by atoms with E-state index >= 15 is 0 Å². The van der Waals surface area contributed by atoms with E-state index in [4.69, 9.17) is 38.6 Å². The zero-order chi connectivity index (χ0) is 32.7. The van der Waals surface area contributed by atoms with Crippen LogP contribution < -0.4 is 35.6 Å².